The Bertz CT molecular complexity index is 844. The second-order valence-electron chi connectivity index (χ2n) is 8.06. The van der Waals surface area contributed by atoms with Gasteiger partial charge in [0.05, 0.1) is 11.4 Å². The molecule has 1 fully saturated rings. The SMILES string of the molecule is Cc1ccc(-c2nc(CS(=O)CC(=O)NC3CCCC(C)C3C)c(C)o2)cc1. The van der Waals surface area contributed by atoms with Gasteiger partial charge >= 0.3 is 0 Å². The molecule has 0 spiro atoms. The first-order valence-electron chi connectivity index (χ1n) is 10.0. The van der Waals surface area contributed by atoms with Crippen LogP contribution >= 0.6 is 0 Å². The average molecular weight is 403 g/mol. The van der Waals surface area contributed by atoms with Crippen molar-refractivity contribution in [1.82, 2.24) is 10.3 Å². The molecule has 1 aromatic carbocycles. The summed E-state index contributed by atoms with van der Waals surface area (Å²) in [6.45, 7) is 8.28. The first-order valence-corrected chi connectivity index (χ1v) is 11.5. The molecule has 1 amide bonds. The van der Waals surface area contributed by atoms with E-state index < -0.39 is 10.8 Å². The van der Waals surface area contributed by atoms with Crippen LogP contribution in [-0.2, 0) is 21.3 Å². The Kier molecular flexibility index (Phi) is 6.70. The Morgan fingerprint density at radius 1 is 1.21 bits per heavy atom. The maximum absolute atomic E-state index is 12.5. The monoisotopic (exact) mass is 402 g/mol. The lowest BCUT2D eigenvalue weighted by molar-refractivity contribution is -0.120. The van der Waals surface area contributed by atoms with Crippen LogP contribution in [0.5, 0.6) is 0 Å². The quantitative estimate of drug-likeness (QED) is 0.788. The van der Waals surface area contributed by atoms with Gasteiger partial charge in [0, 0.05) is 22.4 Å². The molecule has 5 nitrogen and oxygen atoms in total. The summed E-state index contributed by atoms with van der Waals surface area (Å²) >= 11 is 0. The molecule has 0 aliphatic heterocycles. The van der Waals surface area contributed by atoms with Crippen LogP contribution in [0.4, 0.5) is 0 Å². The van der Waals surface area contributed by atoms with E-state index in [1.807, 2.05) is 38.1 Å². The summed E-state index contributed by atoms with van der Waals surface area (Å²) in [6, 6.07) is 8.12. The molecule has 1 saturated carbocycles. The van der Waals surface area contributed by atoms with Crippen LogP contribution in [0, 0.1) is 25.7 Å². The molecule has 1 aromatic heterocycles. The van der Waals surface area contributed by atoms with E-state index >= 15 is 0 Å². The zero-order valence-corrected chi connectivity index (χ0v) is 18.0. The minimum absolute atomic E-state index is 0.00374. The molecule has 28 heavy (non-hydrogen) atoms. The maximum Gasteiger partial charge on any atom is 0.232 e. The van der Waals surface area contributed by atoms with Gasteiger partial charge in [0.1, 0.15) is 11.5 Å². The Balaban J connectivity index is 1.57. The van der Waals surface area contributed by atoms with Crippen LogP contribution < -0.4 is 5.32 Å². The summed E-state index contributed by atoms with van der Waals surface area (Å²) in [5, 5.41) is 3.09. The fraction of sp³-hybridized carbons (Fsp3) is 0.545. The number of nitrogens with zero attached hydrogens (tertiary/aromatic N) is 1. The standard InChI is InChI=1S/C22H30N2O3S/c1-14-8-10-18(11-9-14)22-24-20(17(4)27-22)12-28(26)13-21(25)23-19-7-5-6-15(2)16(19)3/h8-11,15-16,19H,5-7,12-13H2,1-4H3,(H,23,25). The molecular formula is C22H30N2O3S. The van der Waals surface area contributed by atoms with Crippen molar-refractivity contribution in [1.29, 1.82) is 0 Å². The normalized spacial score (nSPS) is 23.4. The van der Waals surface area contributed by atoms with Crippen molar-refractivity contribution in [2.24, 2.45) is 11.8 Å². The van der Waals surface area contributed by atoms with Gasteiger partial charge < -0.3 is 9.73 Å². The third kappa shape index (κ3) is 5.10. The highest BCUT2D eigenvalue weighted by atomic mass is 32.2. The van der Waals surface area contributed by atoms with E-state index in [-0.39, 0.29) is 23.5 Å². The molecule has 4 atom stereocenters. The molecule has 152 valence electrons. The van der Waals surface area contributed by atoms with Crippen molar-refractivity contribution < 1.29 is 13.4 Å². The van der Waals surface area contributed by atoms with Crippen molar-refractivity contribution in [2.45, 2.75) is 58.8 Å². The zero-order chi connectivity index (χ0) is 20.3. The van der Waals surface area contributed by atoms with E-state index in [1.165, 1.54) is 12.0 Å². The number of aryl methyl sites for hydroxylation is 2. The van der Waals surface area contributed by atoms with Crippen LogP contribution in [0.1, 0.15) is 50.1 Å². The summed E-state index contributed by atoms with van der Waals surface area (Å²) in [6.07, 6.45) is 3.36. The fourth-order valence-corrected chi connectivity index (χ4v) is 4.82. The van der Waals surface area contributed by atoms with Gasteiger partial charge in [0.15, 0.2) is 0 Å². The Hall–Kier alpha value is -1.95. The fourth-order valence-electron chi connectivity index (χ4n) is 3.77. The molecular weight excluding hydrogens is 372 g/mol. The van der Waals surface area contributed by atoms with Crippen molar-refractivity contribution in [2.75, 3.05) is 5.75 Å². The first-order chi connectivity index (χ1) is 13.3. The topological polar surface area (TPSA) is 72.2 Å². The summed E-state index contributed by atoms with van der Waals surface area (Å²) < 4.78 is 18.3. The highest BCUT2D eigenvalue weighted by molar-refractivity contribution is 7.84. The van der Waals surface area contributed by atoms with Gasteiger partial charge in [0.2, 0.25) is 11.8 Å². The van der Waals surface area contributed by atoms with Gasteiger partial charge in [-0.2, -0.15) is 0 Å². The number of aromatic nitrogens is 1. The third-order valence-electron chi connectivity index (χ3n) is 5.83. The van der Waals surface area contributed by atoms with Gasteiger partial charge in [-0.05, 0) is 44.2 Å². The summed E-state index contributed by atoms with van der Waals surface area (Å²) in [5.41, 5.74) is 2.71. The molecule has 1 heterocycles. The lowest BCUT2D eigenvalue weighted by Crippen LogP contribution is -2.45. The number of carbonyl (C=O) groups is 1. The van der Waals surface area contributed by atoms with Crippen molar-refractivity contribution in [3.8, 4) is 11.5 Å². The second-order valence-corrected chi connectivity index (χ2v) is 9.51. The highest BCUT2D eigenvalue weighted by Gasteiger charge is 2.28. The number of oxazole rings is 1. The number of hydrogen-bond donors (Lipinski definition) is 1. The predicted octanol–water partition coefficient (Wildman–Crippen LogP) is 4.15. The number of nitrogens with one attached hydrogen (secondary N) is 1. The molecule has 2 aromatic rings. The summed E-state index contributed by atoms with van der Waals surface area (Å²) in [5.74, 6) is 2.35. The smallest absolute Gasteiger partial charge is 0.232 e. The number of hydrogen-bond acceptors (Lipinski definition) is 4. The first kappa shape index (κ1) is 20.8. The Morgan fingerprint density at radius 2 is 1.93 bits per heavy atom. The number of carbonyl (C=O) groups excluding carboxylic acids is 1. The molecule has 0 saturated heterocycles. The van der Waals surface area contributed by atoms with Gasteiger partial charge in [-0.25, -0.2) is 4.98 Å². The van der Waals surface area contributed by atoms with E-state index in [1.54, 1.807) is 0 Å². The minimum atomic E-state index is -1.32. The minimum Gasteiger partial charge on any atom is -0.441 e. The zero-order valence-electron chi connectivity index (χ0n) is 17.2. The predicted molar refractivity (Wildman–Crippen MR) is 112 cm³/mol. The van der Waals surface area contributed by atoms with Gasteiger partial charge in [-0.15, -0.1) is 0 Å². The molecule has 0 bridgehead atoms. The Labute approximate surface area is 169 Å². The number of rotatable bonds is 6. The molecule has 1 N–H and O–H groups in total. The van der Waals surface area contributed by atoms with Gasteiger partial charge in [0.25, 0.3) is 0 Å². The van der Waals surface area contributed by atoms with Gasteiger partial charge in [-0.3, -0.25) is 9.00 Å². The third-order valence-corrected chi connectivity index (χ3v) is 7.01. The van der Waals surface area contributed by atoms with Crippen molar-refractivity contribution >= 4 is 16.7 Å². The molecule has 3 rings (SSSR count). The summed E-state index contributed by atoms with van der Waals surface area (Å²) in [4.78, 5) is 16.9. The summed E-state index contributed by atoms with van der Waals surface area (Å²) in [7, 11) is -1.32. The number of benzene rings is 1. The largest absolute Gasteiger partial charge is 0.441 e. The molecule has 6 heteroatoms. The van der Waals surface area contributed by atoms with Crippen molar-refractivity contribution in [3.63, 3.8) is 0 Å². The number of amides is 1. The van der Waals surface area contributed by atoms with Crippen molar-refractivity contribution in [3.05, 3.63) is 41.3 Å². The van der Waals surface area contributed by atoms with Crippen LogP contribution in [0.3, 0.4) is 0 Å². The maximum atomic E-state index is 12.5. The van der Waals surface area contributed by atoms with Crippen LogP contribution in [-0.4, -0.2) is 26.9 Å². The second kappa shape index (κ2) is 9.03. The van der Waals surface area contributed by atoms with Crippen LogP contribution in [0.25, 0.3) is 11.5 Å². The average Bonchev–Trinajstić information content (AvgIpc) is 3.00. The lowest BCUT2D eigenvalue weighted by Gasteiger charge is -2.34. The molecule has 1 aliphatic rings. The highest BCUT2D eigenvalue weighted by Crippen LogP contribution is 2.29. The molecule has 0 radical (unpaired) electrons. The van der Waals surface area contributed by atoms with E-state index in [9.17, 15) is 9.00 Å². The lowest BCUT2D eigenvalue weighted by atomic mass is 9.78. The van der Waals surface area contributed by atoms with E-state index in [0.717, 1.165) is 18.4 Å². The molecule has 1 aliphatic carbocycles. The van der Waals surface area contributed by atoms with E-state index in [4.69, 9.17) is 4.42 Å². The van der Waals surface area contributed by atoms with Crippen LogP contribution in [0.2, 0.25) is 0 Å². The van der Waals surface area contributed by atoms with E-state index in [2.05, 4.69) is 24.1 Å². The Morgan fingerprint density at radius 3 is 2.64 bits per heavy atom. The van der Waals surface area contributed by atoms with E-state index in [0.29, 0.717) is 29.2 Å². The molecule has 4 unspecified atom stereocenters. The van der Waals surface area contributed by atoms with Crippen LogP contribution in [0.15, 0.2) is 28.7 Å². The van der Waals surface area contributed by atoms with Gasteiger partial charge in [-0.1, -0.05) is 44.4 Å².